The van der Waals surface area contributed by atoms with Gasteiger partial charge in [0, 0.05) is 12.6 Å². The molecule has 0 aliphatic rings. The summed E-state index contributed by atoms with van der Waals surface area (Å²) in [5, 5.41) is 2.64. The summed E-state index contributed by atoms with van der Waals surface area (Å²) in [6.07, 6.45) is 4.99. The first-order chi connectivity index (χ1) is 9.93. The van der Waals surface area contributed by atoms with Crippen molar-refractivity contribution in [3.8, 4) is 0 Å². The molecular weight excluding hydrogens is 258 g/mol. The van der Waals surface area contributed by atoms with Crippen LogP contribution in [0, 0.1) is 0 Å². The predicted molar refractivity (Wildman–Crippen MR) is 90.1 cm³/mol. The van der Waals surface area contributed by atoms with Gasteiger partial charge in [0.2, 0.25) is 5.91 Å². The minimum Gasteiger partial charge on any atom is -0.355 e. The molecule has 2 heteroatoms. The first-order valence-corrected chi connectivity index (χ1v) is 7.23. The molecule has 1 aromatic rings. The van der Waals surface area contributed by atoms with Gasteiger partial charge in [0.05, 0.1) is 0 Å². The van der Waals surface area contributed by atoms with Crippen LogP contribution in [0.25, 0.3) is 0 Å². The molecule has 0 saturated carbocycles. The van der Waals surface area contributed by atoms with Gasteiger partial charge >= 0.3 is 0 Å². The largest absolute Gasteiger partial charge is 0.355 e. The maximum absolute atomic E-state index is 11.5. The first kappa shape index (κ1) is 17.0. The molecule has 112 valence electrons. The van der Waals surface area contributed by atoms with E-state index in [-0.39, 0.29) is 5.91 Å². The molecule has 0 unspecified atom stereocenters. The van der Waals surface area contributed by atoms with Crippen molar-refractivity contribution >= 4 is 5.91 Å². The molecule has 2 nitrogen and oxygen atoms in total. The van der Waals surface area contributed by atoms with E-state index in [9.17, 15) is 4.79 Å². The molecule has 0 radical (unpaired) electrons. The van der Waals surface area contributed by atoms with Gasteiger partial charge in [-0.3, -0.25) is 4.79 Å². The topological polar surface area (TPSA) is 29.1 Å². The van der Waals surface area contributed by atoms with Crippen LogP contribution >= 0.6 is 0 Å². The van der Waals surface area contributed by atoms with Crippen LogP contribution < -0.4 is 5.32 Å². The van der Waals surface area contributed by atoms with Gasteiger partial charge in [0.1, 0.15) is 0 Å². The van der Waals surface area contributed by atoms with Crippen molar-refractivity contribution < 1.29 is 4.79 Å². The Hall–Kier alpha value is -2.09. The molecule has 0 fully saturated rings. The van der Waals surface area contributed by atoms with Crippen molar-refractivity contribution in [1.82, 2.24) is 5.32 Å². The van der Waals surface area contributed by atoms with Crippen LogP contribution in [0.3, 0.4) is 0 Å². The number of carbonyl (C=O) groups is 1. The number of rotatable bonds is 5. The third kappa shape index (κ3) is 5.82. The molecule has 1 rings (SSSR count). The van der Waals surface area contributed by atoms with Crippen molar-refractivity contribution in [3.63, 3.8) is 0 Å². The molecular formula is C19H25NO. The van der Waals surface area contributed by atoms with E-state index in [0.717, 1.165) is 17.6 Å². The fourth-order valence-electron chi connectivity index (χ4n) is 2.11. The van der Waals surface area contributed by atoms with E-state index < -0.39 is 0 Å². The summed E-state index contributed by atoms with van der Waals surface area (Å²) in [6.45, 7) is 8.10. The average Bonchev–Trinajstić information content (AvgIpc) is 2.46. The SMILES string of the molecule is CNC(=O)/C(C)=C/C(C)=C\C(Cc1ccccc1)=C(C)C. The van der Waals surface area contributed by atoms with Gasteiger partial charge in [-0.05, 0) is 45.3 Å². The Labute approximate surface area is 128 Å². The highest BCUT2D eigenvalue weighted by atomic mass is 16.1. The monoisotopic (exact) mass is 283 g/mol. The number of benzene rings is 1. The molecule has 0 saturated heterocycles. The Morgan fingerprint density at radius 2 is 1.67 bits per heavy atom. The van der Waals surface area contributed by atoms with Gasteiger partial charge in [-0.15, -0.1) is 0 Å². The molecule has 0 bridgehead atoms. The highest BCUT2D eigenvalue weighted by molar-refractivity contribution is 5.93. The van der Waals surface area contributed by atoms with Gasteiger partial charge in [-0.25, -0.2) is 0 Å². The van der Waals surface area contributed by atoms with E-state index in [1.54, 1.807) is 7.05 Å². The number of amides is 1. The molecule has 0 heterocycles. The standard InChI is InChI=1S/C19H25NO/c1-14(2)18(13-17-9-7-6-8-10-17)12-15(3)11-16(4)19(21)20-5/h6-12H,13H2,1-5H3,(H,20,21)/b15-12-,16-11+. The molecule has 21 heavy (non-hydrogen) atoms. The summed E-state index contributed by atoms with van der Waals surface area (Å²) < 4.78 is 0. The van der Waals surface area contributed by atoms with Crippen LogP contribution in [0.1, 0.15) is 33.3 Å². The second kappa shape index (κ2) is 8.25. The van der Waals surface area contributed by atoms with E-state index >= 15 is 0 Å². The summed E-state index contributed by atoms with van der Waals surface area (Å²) in [6, 6.07) is 10.4. The quantitative estimate of drug-likeness (QED) is 0.636. The second-order valence-corrected chi connectivity index (χ2v) is 5.48. The Morgan fingerprint density at radius 3 is 2.19 bits per heavy atom. The summed E-state index contributed by atoms with van der Waals surface area (Å²) in [4.78, 5) is 11.5. The fraction of sp³-hybridized carbons (Fsp3) is 0.316. The number of carbonyl (C=O) groups excluding carboxylic acids is 1. The Balaban J connectivity index is 2.96. The molecule has 0 aliphatic heterocycles. The highest BCUT2D eigenvalue weighted by Crippen LogP contribution is 2.16. The van der Waals surface area contributed by atoms with Crippen LogP contribution in [0.15, 0.2) is 64.8 Å². The minimum atomic E-state index is -0.0374. The zero-order valence-electron chi connectivity index (χ0n) is 13.7. The zero-order valence-corrected chi connectivity index (χ0v) is 13.7. The normalized spacial score (nSPS) is 12.0. The lowest BCUT2D eigenvalue weighted by molar-refractivity contribution is -0.116. The van der Waals surface area contributed by atoms with Crippen LogP contribution in [-0.2, 0) is 11.2 Å². The van der Waals surface area contributed by atoms with Gasteiger partial charge in [0.25, 0.3) is 0 Å². The number of nitrogens with one attached hydrogen (secondary N) is 1. The average molecular weight is 283 g/mol. The molecule has 0 atom stereocenters. The van der Waals surface area contributed by atoms with Crippen LogP contribution in [0.5, 0.6) is 0 Å². The van der Waals surface area contributed by atoms with E-state index in [4.69, 9.17) is 0 Å². The van der Waals surface area contributed by atoms with Crippen LogP contribution in [0.4, 0.5) is 0 Å². The maximum Gasteiger partial charge on any atom is 0.246 e. The van der Waals surface area contributed by atoms with Gasteiger partial charge in [-0.2, -0.15) is 0 Å². The minimum absolute atomic E-state index is 0.0374. The summed E-state index contributed by atoms with van der Waals surface area (Å²) in [5.74, 6) is -0.0374. The summed E-state index contributed by atoms with van der Waals surface area (Å²) >= 11 is 0. The molecule has 0 spiro atoms. The second-order valence-electron chi connectivity index (χ2n) is 5.48. The summed E-state index contributed by atoms with van der Waals surface area (Å²) in [5.41, 5.74) is 5.69. The lowest BCUT2D eigenvalue weighted by atomic mass is 9.98. The molecule has 1 amide bonds. The van der Waals surface area contributed by atoms with E-state index in [2.05, 4.69) is 49.5 Å². The van der Waals surface area contributed by atoms with Crippen molar-refractivity contribution in [3.05, 3.63) is 70.3 Å². The highest BCUT2D eigenvalue weighted by Gasteiger charge is 2.02. The van der Waals surface area contributed by atoms with Crippen molar-refractivity contribution in [2.45, 2.75) is 34.1 Å². The number of hydrogen-bond acceptors (Lipinski definition) is 1. The van der Waals surface area contributed by atoms with E-state index in [0.29, 0.717) is 0 Å². The maximum atomic E-state index is 11.5. The van der Waals surface area contributed by atoms with E-state index in [1.807, 2.05) is 26.0 Å². The fourth-order valence-corrected chi connectivity index (χ4v) is 2.11. The zero-order chi connectivity index (χ0) is 15.8. The lowest BCUT2D eigenvalue weighted by Crippen LogP contribution is -2.18. The number of allylic oxidation sites excluding steroid dienone is 5. The molecule has 0 aliphatic carbocycles. The predicted octanol–water partition coefficient (Wildman–Crippen LogP) is 4.20. The third-order valence-corrected chi connectivity index (χ3v) is 3.31. The Bertz CT molecular complexity index is 573. The summed E-state index contributed by atoms with van der Waals surface area (Å²) in [7, 11) is 1.65. The lowest BCUT2D eigenvalue weighted by Gasteiger charge is -2.07. The van der Waals surface area contributed by atoms with E-state index in [1.165, 1.54) is 16.7 Å². The third-order valence-electron chi connectivity index (χ3n) is 3.31. The van der Waals surface area contributed by atoms with Gasteiger partial charge in [0.15, 0.2) is 0 Å². The Morgan fingerprint density at radius 1 is 1.05 bits per heavy atom. The van der Waals surface area contributed by atoms with Crippen LogP contribution in [-0.4, -0.2) is 13.0 Å². The molecule has 0 aromatic heterocycles. The van der Waals surface area contributed by atoms with Crippen molar-refractivity contribution in [2.24, 2.45) is 0 Å². The Kier molecular flexibility index (Phi) is 6.67. The molecule has 1 N–H and O–H groups in total. The number of hydrogen-bond donors (Lipinski definition) is 1. The van der Waals surface area contributed by atoms with Crippen LogP contribution in [0.2, 0.25) is 0 Å². The first-order valence-electron chi connectivity index (χ1n) is 7.23. The molecule has 1 aromatic carbocycles. The van der Waals surface area contributed by atoms with Crippen molar-refractivity contribution in [2.75, 3.05) is 7.05 Å². The van der Waals surface area contributed by atoms with Gasteiger partial charge in [-0.1, -0.05) is 53.6 Å². The smallest absolute Gasteiger partial charge is 0.246 e. The number of likely N-dealkylation sites (N-methyl/N-ethyl adjacent to an activating group) is 1. The van der Waals surface area contributed by atoms with Crippen molar-refractivity contribution in [1.29, 1.82) is 0 Å². The van der Waals surface area contributed by atoms with Gasteiger partial charge < -0.3 is 5.32 Å².